The fourth-order valence-corrected chi connectivity index (χ4v) is 4.46. The Morgan fingerprint density at radius 3 is 2.38 bits per heavy atom. The van der Waals surface area contributed by atoms with Gasteiger partial charge in [-0.2, -0.15) is 0 Å². The van der Waals surface area contributed by atoms with E-state index in [1.54, 1.807) is 12.1 Å². The lowest BCUT2D eigenvalue weighted by atomic mass is 9.93. The van der Waals surface area contributed by atoms with E-state index in [0.717, 1.165) is 16.7 Å². The Morgan fingerprint density at radius 2 is 1.72 bits per heavy atom. The molecule has 8 heteroatoms. The lowest BCUT2D eigenvalue weighted by molar-refractivity contribution is -0.384. The number of nitrogens with one attached hydrogen (secondary N) is 1. The highest BCUT2D eigenvalue weighted by Crippen LogP contribution is 2.26. The van der Waals surface area contributed by atoms with E-state index < -0.39 is 4.92 Å². The van der Waals surface area contributed by atoms with Crippen LogP contribution in [0, 0.1) is 24.0 Å². The van der Waals surface area contributed by atoms with Crippen LogP contribution in [-0.4, -0.2) is 20.7 Å². The second-order valence-electron chi connectivity index (χ2n) is 7.41. The molecular formula is C24H19N3O4S. The number of nitro groups is 1. The number of nitrogens with zero attached hydrogens (tertiary/aromatic N) is 2. The Morgan fingerprint density at radius 1 is 1.06 bits per heavy atom. The number of nitro benzene ring substituents is 1. The molecule has 1 heterocycles. The van der Waals surface area contributed by atoms with Gasteiger partial charge in [0.1, 0.15) is 0 Å². The maximum absolute atomic E-state index is 13.0. The van der Waals surface area contributed by atoms with E-state index >= 15 is 0 Å². The summed E-state index contributed by atoms with van der Waals surface area (Å²) < 4.78 is 0. The number of rotatable bonds is 6. The Kier molecular flexibility index (Phi) is 5.87. The van der Waals surface area contributed by atoms with Crippen molar-refractivity contribution >= 4 is 34.1 Å². The molecule has 3 aromatic carbocycles. The van der Waals surface area contributed by atoms with Crippen molar-refractivity contribution in [1.29, 1.82) is 0 Å². The van der Waals surface area contributed by atoms with Crippen molar-refractivity contribution < 1.29 is 9.72 Å². The molecule has 0 aliphatic carbocycles. The summed E-state index contributed by atoms with van der Waals surface area (Å²) in [5, 5.41) is 11.9. The molecule has 0 aliphatic heterocycles. The fourth-order valence-electron chi connectivity index (χ4n) is 3.66. The van der Waals surface area contributed by atoms with Crippen LogP contribution in [0.25, 0.3) is 10.9 Å². The molecule has 7 nitrogen and oxygen atoms in total. The van der Waals surface area contributed by atoms with Crippen molar-refractivity contribution in [3.63, 3.8) is 0 Å². The third-order valence-electron chi connectivity index (χ3n) is 5.13. The summed E-state index contributed by atoms with van der Waals surface area (Å²) in [6.07, 6.45) is 0. The molecule has 0 atom stereocenters. The molecule has 0 radical (unpaired) electrons. The van der Waals surface area contributed by atoms with Gasteiger partial charge in [-0.1, -0.05) is 36.0 Å². The molecule has 160 valence electrons. The number of carbonyl (C=O) groups is 1. The predicted molar refractivity (Wildman–Crippen MR) is 124 cm³/mol. The molecule has 0 aliphatic rings. The van der Waals surface area contributed by atoms with E-state index in [0.29, 0.717) is 32.9 Å². The number of benzene rings is 3. The van der Waals surface area contributed by atoms with Crippen LogP contribution in [-0.2, 0) is 5.75 Å². The second-order valence-corrected chi connectivity index (χ2v) is 8.38. The topological polar surface area (TPSA) is 106 Å². The summed E-state index contributed by atoms with van der Waals surface area (Å²) in [6.45, 7) is 3.74. The van der Waals surface area contributed by atoms with Crippen molar-refractivity contribution in [1.82, 2.24) is 9.97 Å². The third-order valence-corrected chi connectivity index (χ3v) is 6.07. The van der Waals surface area contributed by atoms with Gasteiger partial charge in [0.2, 0.25) is 0 Å². The van der Waals surface area contributed by atoms with Gasteiger partial charge in [0.15, 0.2) is 10.9 Å². The molecule has 4 rings (SSSR count). The van der Waals surface area contributed by atoms with Crippen LogP contribution in [0.5, 0.6) is 0 Å². The molecule has 0 saturated carbocycles. The molecule has 32 heavy (non-hydrogen) atoms. The standard InChI is InChI=1S/C24H19N3O4S/c1-14-11-16(13-32-24-25-20-6-4-3-5-19(20)23(29)26-24)12-15(2)21(14)22(28)17-7-9-18(10-8-17)27(30)31/h3-12H,13H2,1-2H3,(H,25,26,29). The van der Waals surface area contributed by atoms with Crippen LogP contribution in [0.1, 0.15) is 32.6 Å². The van der Waals surface area contributed by atoms with Crippen molar-refractivity contribution in [2.75, 3.05) is 0 Å². The summed E-state index contributed by atoms with van der Waals surface area (Å²) in [5.41, 5.74) is 4.06. The average Bonchev–Trinajstić information content (AvgIpc) is 2.77. The zero-order valence-electron chi connectivity index (χ0n) is 17.4. The van der Waals surface area contributed by atoms with E-state index in [2.05, 4.69) is 9.97 Å². The van der Waals surface area contributed by atoms with Gasteiger partial charge in [-0.25, -0.2) is 4.98 Å². The highest BCUT2D eigenvalue weighted by molar-refractivity contribution is 7.98. The molecule has 0 saturated heterocycles. The van der Waals surface area contributed by atoms with Crippen LogP contribution in [0.3, 0.4) is 0 Å². The minimum Gasteiger partial charge on any atom is -0.301 e. The summed E-state index contributed by atoms with van der Waals surface area (Å²) in [7, 11) is 0. The molecule has 1 N–H and O–H groups in total. The molecule has 0 amide bonds. The number of thioether (sulfide) groups is 1. The van der Waals surface area contributed by atoms with E-state index in [9.17, 15) is 19.7 Å². The number of aryl methyl sites for hydroxylation is 2. The molecule has 1 aromatic heterocycles. The number of non-ortho nitro benzene ring substituents is 1. The maximum Gasteiger partial charge on any atom is 0.269 e. The summed E-state index contributed by atoms with van der Waals surface area (Å²) in [5.74, 6) is 0.407. The smallest absolute Gasteiger partial charge is 0.269 e. The van der Waals surface area contributed by atoms with Gasteiger partial charge in [0.25, 0.3) is 11.2 Å². The minimum atomic E-state index is -0.491. The molecule has 0 fully saturated rings. The highest BCUT2D eigenvalue weighted by atomic mass is 32.2. The number of aromatic nitrogens is 2. The van der Waals surface area contributed by atoms with Crippen LogP contribution in [0.4, 0.5) is 5.69 Å². The Labute approximate surface area is 187 Å². The van der Waals surface area contributed by atoms with Gasteiger partial charge in [-0.3, -0.25) is 19.7 Å². The number of ketones is 1. The van der Waals surface area contributed by atoms with Gasteiger partial charge in [0, 0.05) is 29.0 Å². The van der Waals surface area contributed by atoms with E-state index in [1.807, 2.05) is 38.1 Å². The SMILES string of the molecule is Cc1cc(CSc2nc3ccccc3c(=O)[nH]2)cc(C)c1C(=O)c1ccc([N+](=O)[O-])cc1. The van der Waals surface area contributed by atoms with E-state index in [-0.39, 0.29) is 17.0 Å². The van der Waals surface area contributed by atoms with E-state index in [4.69, 9.17) is 0 Å². The molecular weight excluding hydrogens is 426 g/mol. The number of hydrogen-bond acceptors (Lipinski definition) is 6. The Hall–Kier alpha value is -3.78. The van der Waals surface area contributed by atoms with Gasteiger partial charge in [0.05, 0.1) is 15.8 Å². The minimum absolute atomic E-state index is 0.0530. The molecule has 0 bridgehead atoms. The van der Waals surface area contributed by atoms with Crippen LogP contribution < -0.4 is 5.56 Å². The molecule has 4 aromatic rings. The first kappa shape index (κ1) is 21.5. The normalized spacial score (nSPS) is 10.9. The molecule has 0 spiro atoms. The summed E-state index contributed by atoms with van der Waals surface area (Å²) >= 11 is 1.42. The summed E-state index contributed by atoms with van der Waals surface area (Å²) in [4.78, 5) is 42.9. The van der Waals surface area contributed by atoms with Crippen LogP contribution >= 0.6 is 11.8 Å². The van der Waals surface area contributed by atoms with E-state index in [1.165, 1.54) is 36.0 Å². The quantitative estimate of drug-likeness (QED) is 0.148. The Bertz CT molecular complexity index is 1390. The zero-order valence-corrected chi connectivity index (χ0v) is 18.2. The van der Waals surface area contributed by atoms with Gasteiger partial charge in [-0.15, -0.1) is 0 Å². The van der Waals surface area contributed by atoms with Crippen molar-refractivity contribution in [3.05, 3.63) is 109 Å². The largest absolute Gasteiger partial charge is 0.301 e. The van der Waals surface area contributed by atoms with Crippen molar-refractivity contribution in [2.45, 2.75) is 24.8 Å². The lowest BCUT2D eigenvalue weighted by Gasteiger charge is -2.12. The third kappa shape index (κ3) is 4.31. The second kappa shape index (κ2) is 8.76. The number of para-hydroxylation sites is 1. The zero-order chi connectivity index (χ0) is 22.8. The molecule has 0 unspecified atom stereocenters. The number of aromatic amines is 1. The predicted octanol–water partition coefficient (Wildman–Crippen LogP) is 4.97. The number of H-pyrrole nitrogens is 1. The Balaban J connectivity index is 1.55. The maximum atomic E-state index is 13.0. The number of fused-ring (bicyclic) bond motifs is 1. The van der Waals surface area contributed by atoms with Gasteiger partial charge >= 0.3 is 0 Å². The summed E-state index contributed by atoms with van der Waals surface area (Å²) in [6, 6.07) is 16.7. The first-order chi connectivity index (χ1) is 15.3. The average molecular weight is 446 g/mol. The number of carbonyl (C=O) groups excluding carboxylic acids is 1. The van der Waals surface area contributed by atoms with Crippen LogP contribution in [0.2, 0.25) is 0 Å². The fraction of sp³-hybridized carbons (Fsp3) is 0.125. The van der Waals surface area contributed by atoms with Gasteiger partial charge in [-0.05, 0) is 54.8 Å². The lowest BCUT2D eigenvalue weighted by Crippen LogP contribution is -2.09. The van der Waals surface area contributed by atoms with Crippen molar-refractivity contribution in [3.8, 4) is 0 Å². The number of hydrogen-bond donors (Lipinski definition) is 1. The monoisotopic (exact) mass is 445 g/mol. The van der Waals surface area contributed by atoms with Crippen molar-refractivity contribution in [2.24, 2.45) is 0 Å². The van der Waals surface area contributed by atoms with Crippen LogP contribution in [0.15, 0.2) is 70.6 Å². The first-order valence-corrected chi connectivity index (χ1v) is 10.8. The van der Waals surface area contributed by atoms with Gasteiger partial charge < -0.3 is 4.98 Å². The first-order valence-electron chi connectivity index (χ1n) is 9.84. The highest BCUT2D eigenvalue weighted by Gasteiger charge is 2.17.